The number of nitrogens with one attached hydrogen (secondary N) is 1. The van der Waals surface area contributed by atoms with Crippen molar-refractivity contribution in [3.8, 4) is 0 Å². The third kappa shape index (κ3) is 1.84. The van der Waals surface area contributed by atoms with E-state index in [0.717, 1.165) is 22.4 Å². The summed E-state index contributed by atoms with van der Waals surface area (Å²) in [5.74, 6) is 0.529. The number of thiophene rings is 1. The van der Waals surface area contributed by atoms with Crippen molar-refractivity contribution in [2.75, 3.05) is 6.61 Å². The van der Waals surface area contributed by atoms with E-state index in [-0.39, 0.29) is 17.4 Å². The lowest BCUT2D eigenvalue weighted by molar-refractivity contribution is -0.108. The normalized spacial score (nSPS) is 32.7. The molecule has 98 valence electrons. The Labute approximate surface area is 119 Å². The van der Waals surface area contributed by atoms with Crippen molar-refractivity contribution in [2.45, 2.75) is 32.4 Å². The summed E-state index contributed by atoms with van der Waals surface area (Å²) in [6.07, 6.45) is 1.38. The van der Waals surface area contributed by atoms with Crippen LogP contribution in [0.2, 0.25) is 0 Å². The van der Waals surface area contributed by atoms with Gasteiger partial charge in [-0.15, -0.1) is 11.3 Å². The van der Waals surface area contributed by atoms with Crippen LogP contribution in [0.15, 0.2) is 15.9 Å². The van der Waals surface area contributed by atoms with Gasteiger partial charge < -0.3 is 10.1 Å². The predicted molar refractivity (Wildman–Crippen MR) is 74.9 cm³/mol. The van der Waals surface area contributed by atoms with Crippen molar-refractivity contribution in [1.82, 2.24) is 5.32 Å². The molecule has 0 bridgehead atoms. The van der Waals surface area contributed by atoms with Crippen LogP contribution in [0.3, 0.4) is 0 Å². The zero-order valence-electron chi connectivity index (χ0n) is 10.4. The third-order valence-electron chi connectivity index (χ3n) is 4.18. The van der Waals surface area contributed by atoms with E-state index in [4.69, 9.17) is 4.74 Å². The minimum atomic E-state index is 0.0362. The standard InChI is InChI=1S/C13H16BrNO2S/c1-13(2)10(8-3-4-17-11(8)13)15-12(16)9-5-7(14)6-18-9/h5-6,8,10-11H,3-4H2,1-2H3,(H,15,16). The number of hydrogen-bond acceptors (Lipinski definition) is 3. The van der Waals surface area contributed by atoms with Crippen LogP contribution in [0, 0.1) is 11.3 Å². The van der Waals surface area contributed by atoms with E-state index in [1.165, 1.54) is 11.3 Å². The Bertz CT molecular complexity index is 485. The summed E-state index contributed by atoms with van der Waals surface area (Å²) >= 11 is 4.85. The van der Waals surface area contributed by atoms with Crippen molar-refractivity contribution >= 4 is 33.2 Å². The van der Waals surface area contributed by atoms with Crippen LogP contribution in [0.25, 0.3) is 0 Å². The number of carbonyl (C=O) groups is 1. The molecule has 1 amide bonds. The number of halogens is 1. The van der Waals surface area contributed by atoms with Gasteiger partial charge in [-0.25, -0.2) is 0 Å². The van der Waals surface area contributed by atoms with Gasteiger partial charge >= 0.3 is 0 Å². The molecule has 0 spiro atoms. The molecule has 1 saturated carbocycles. The van der Waals surface area contributed by atoms with Crippen LogP contribution in [0.1, 0.15) is 29.9 Å². The van der Waals surface area contributed by atoms with E-state index < -0.39 is 0 Å². The Morgan fingerprint density at radius 2 is 2.39 bits per heavy atom. The van der Waals surface area contributed by atoms with Gasteiger partial charge in [0.05, 0.1) is 11.0 Å². The number of rotatable bonds is 2. The molecule has 1 saturated heterocycles. The van der Waals surface area contributed by atoms with Crippen molar-refractivity contribution in [3.63, 3.8) is 0 Å². The molecule has 18 heavy (non-hydrogen) atoms. The minimum Gasteiger partial charge on any atom is -0.377 e. The van der Waals surface area contributed by atoms with Crippen LogP contribution >= 0.6 is 27.3 Å². The molecular weight excluding hydrogens is 314 g/mol. The monoisotopic (exact) mass is 329 g/mol. The minimum absolute atomic E-state index is 0.0362. The fourth-order valence-corrected chi connectivity index (χ4v) is 4.59. The molecule has 1 N–H and O–H groups in total. The molecule has 3 unspecified atom stereocenters. The van der Waals surface area contributed by atoms with Crippen molar-refractivity contribution in [2.24, 2.45) is 11.3 Å². The predicted octanol–water partition coefficient (Wildman–Crippen LogP) is 3.05. The lowest BCUT2D eigenvalue weighted by Gasteiger charge is -2.54. The second-order valence-electron chi connectivity index (χ2n) is 5.65. The van der Waals surface area contributed by atoms with E-state index in [0.29, 0.717) is 12.0 Å². The number of fused-ring (bicyclic) bond motifs is 1. The second kappa shape index (κ2) is 4.32. The Morgan fingerprint density at radius 3 is 3.06 bits per heavy atom. The van der Waals surface area contributed by atoms with Crippen molar-refractivity contribution < 1.29 is 9.53 Å². The molecular formula is C13H16BrNO2S. The van der Waals surface area contributed by atoms with Crippen LogP contribution in [0.5, 0.6) is 0 Å². The summed E-state index contributed by atoms with van der Waals surface area (Å²) in [7, 11) is 0. The molecule has 5 heteroatoms. The Hall–Kier alpha value is -0.390. The Balaban J connectivity index is 1.71. The van der Waals surface area contributed by atoms with Crippen LogP contribution < -0.4 is 5.32 Å². The second-order valence-corrected chi connectivity index (χ2v) is 7.47. The van der Waals surface area contributed by atoms with Gasteiger partial charge in [-0.2, -0.15) is 0 Å². The molecule has 0 aromatic carbocycles. The molecule has 3 rings (SSSR count). The number of ether oxygens (including phenoxy) is 1. The van der Waals surface area contributed by atoms with Gasteiger partial charge in [-0.05, 0) is 28.4 Å². The molecule has 1 aliphatic carbocycles. The first-order valence-electron chi connectivity index (χ1n) is 6.16. The molecule has 3 nitrogen and oxygen atoms in total. The summed E-state index contributed by atoms with van der Waals surface area (Å²) in [6.45, 7) is 5.18. The topological polar surface area (TPSA) is 38.3 Å². The molecule has 0 radical (unpaired) electrons. The lowest BCUT2D eigenvalue weighted by atomic mass is 9.57. The van der Waals surface area contributed by atoms with Gasteiger partial charge in [0.25, 0.3) is 5.91 Å². The number of hydrogen-bond donors (Lipinski definition) is 1. The van der Waals surface area contributed by atoms with Gasteiger partial charge in [0.15, 0.2) is 0 Å². The summed E-state index contributed by atoms with van der Waals surface area (Å²) in [4.78, 5) is 12.9. The number of amides is 1. The van der Waals surface area contributed by atoms with E-state index in [9.17, 15) is 4.79 Å². The average molecular weight is 330 g/mol. The first-order valence-corrected chi connectivity index (χ1v) is 7.84. The molecule has 1 aliphatic heterocycles. The van der Waals surface area contributed by atoms with Crippen molar-refractivity contribution in [3.05, 3.63) is 20.8 Å². The maximum Gasteiger partial charge on any atom is 0.261 e. The average Bonchev–Trinajstić information content (AvgIpc) is 2.92. The highest BCUT2D eigenvalue weighted by atomic mass is 79.9. The third-order valence-corrected chi connectivity index (χ3v) is 5.87. The molecule has 3 atom stereocenters. The molecule has 1 aromatic rings. The smallest absolute Gasteiger partial charge is 0.261 e. The zero-order valence-corrected chi connectivity index (χ0v) is 12.8. The van der Waals surface area contributed by atoms with Gasteiger partial charge in [-0.3, -0.25) is 4.79 Å². The summed E-state index contributed by atoms with van der Waals surface area (Å²) in [5.41, 5.74) is 0.0469. The summed E-state index contributed by atoms with van der Waals surface area (Å²) in [6, 6.07) is 2.10. The highest BCUT2D eigenvalue weighted by molar-refractivity contribution is 9.10. The van der Waals surface area contributed by atoms with Gasteiger partial charge in [0.1, 0.15) is 0 Å². The van der Waals surface area contributed by atoms with Gasteiger partial charge in [-0.1, -0.05) is 13.8 Å². The molecule has 2 aliphatic rings. The first kappa shape index (κ1) is 12.6. The fourth-order valence-electron chi connectivity index (χ4n) is 3.26. The molecule has 2 fully saturated rings. The highest BCUT2D eigenvalue weighted by Crippen LogP contribution is 2.52. The lowest BCUT2D eigenvalue weighted by Crippen LogP contribution is -2.66. The maximum atomic E-state index is 12.2. The quantitative estimate of drug-likeness (QED) is 0.905. The van der Waals surface area contributed by atoms with Crippen molar-refractivity contribution in [1.29, 1.82) is 0 Å². The largest absolute Gasteiger partial charge is 0.377 e. The number of carbonyl (C=O) groups excluding carboxylic acids is 1. The summed E-state index contributed by atoms with van der Waals surface area (Å²) in [5, 5.41) is 5.11. The molecule has 1 aromatic heterocycles. The fraction of sp³-hybridized carbons (Fsp3) is 0.615. The van der Waals surface area contributed by atoms with Crippen LogP contribution in [-0.2, 0) is 4.74 Å². The van der Waals surface area contributed by atoms with E-state index in [2.05, 4.69) is 35.1 Å². The summed E-state index contributed by atoms with van der Waals surface area (Å²) < 4.78 is 6.70. The van der Waals surface area contributed by atoms with E-state index in [1.807, 2.05) is 11.4 Å². The van der Waals surface area contributed by atoms with Gasteiger partial charge in [0, 0.05) is 33.8 Å². The van der Waals surface area contributed by atoms with E-state index in [1.54, 1.807) is 0 Å². The van der Waals surface area contributed by atoms with Gasteiger partial charge in [0.2, 0.25) is 0 Å². The Kier molecular flexibility index (Phi) is 3.03. The first-order chi connectivity index (χ1) is 8.50. The maximum absolute atomic E-state index is 12.2. The van der Waals surface area contributed by atoms with Crippen LogP contribution in [-0.4, -0.2) is 24.7 Å². The zero-order chi connectivity index (χ0) is 12.9. The Morgan fingerprint density at radius 1 is 1.61 bits per heavy atom. The highest BCUT2D eigenvalue weighted by Gasteiger charge is 2.59. The van der Waals surface area contributed by atoms with Crippen LogP contribution in [0.4, 0.5) is 0 Å². The SMILES string of the molecule is CC1(C)C(NC(=O)c2cc(Br)cs2)C2CCOC21. The molecule has 2 heterocycles. The van der Waals surface area contributed by atoms with E-state index >= 15 is 0 Å².